The van der Waals surface area contributed by atoms with Crippen molar-refractivity contribution in [2.75, 3.05) is 13.1 Å². The van der Waals surface area contributed by atoms with Crippen LogP contribution in [0.2, 0.25) is 0 Å². The first kappa shape index (κ1) is 18.5. The number of ether oxygens (including phenoxy) is 1. The van der Waals surface area contributed by atoms with E-state index in [0.717, 1.165) is 18.5 Å². The van der Waals surface area contributed by atoms with Gasteiger partial charge in [-0.05, 0) is 50.1 Å². The maximum atomic E-state index is 13.6. The molecule has 2 aromatic heterocycles. The van der Waals surface area contributed by atoms with Crippen molar-refractivity contribution in [2.24, 2.45) is 0 Å². The highest BCUT2D eigenvalue weighted by atomic mass is 19.1. The number of halogens is 1. The minimum atomic E-state index is -0.357. The number of rotatable bonds is 4. The molecule has 1 saturated heterocycles. The molecular formula is C22H22FN3O2. The van der Waals surface area contributed by atoms with Crippen LogP contribution in [-0.2, 0) is 11.3 Å². The highest BCUT2D eigenvalue weighted by Crippen LogP contribution is 2.23. The number of benzene rings is 1. The zero-order valence-electron chi connectivity index (χ0n) is 15.8. The van der Waals surface area contributed by atoms with Crippen LogP contribution in [0.4, 0.5) is 4.39 Å². The molecule has 1 atom stereocenters. The molecule has 0 aliphatic carbocycles. The third kappa shape index (κ3) is 4.02. The molecule has 144 valence electrons. The Morgan fingerprint density at radius 2 is 2.18 bits per heavy atom. The second-order valence-electron chi connectivity index (χ2n) is 7.12. The lowest BCUT2D eigenvalue weighted by Gasteiger charge is -2.33. The fourth-order valence-corrected chi connectivity index (χ4v) is 3.63. The van der Waals surface area contributed by atoms with E-state index in [4.69, 9.17) is 4.74 Å². The van der Waals surface area contributed by atoms with Crippen molar-refractivity contribution < 1.29 is 13.9 Å². The Kier molecular flexibility index (Phi) is 5.30. The van der Waals surface area contributed by atoms with Gasteiger partial charge in [-0.2, -0.15) is 0 Å². The monoisotopic (exact) mass is 379 g/mol. The van der Waals surface area contributed by atoms with Crippen LogP contribution in [0.5, 0.6) is 0 Å². The third-order valence-electron chi connectivity index (χ3n) is 4.99. The van der Waals surface area contributed by atoms with Gasteiger partial charge >= 0.3 is 0 Å². The van der Waals surface area contributed by atoms with Crippen LogP contribution in [0, 0.1) is 12.7 Å². The van der Waals surface area contributed by atoms with Crippen molar-refractivity contribution in [2.45, 2.75) is 32.5 Å². The van der Waals surface area contributed by atoms with E-state index in [0.29, 0.717) is 41.9 Å². The van der Waals surface area contributed by atoms with Gasteiger partial charge in [0.1, 0.15) is 5.82 Å². The van der Waals surface area contributed by atoms with Gasteiger partial charge in [-0.1, -0.05) is 6.07 Å². The Bertz CT molecular complexity index is 988. The Hall–Kier alpha value is -2.86. The summed E-state index contributed by atoms with van der Waals surface area (Å²) in [6.45, 7) is 3.47. The van der Waals surface area contributed by atoms with Crippen LogP contribution in [-0.4, -0.2) is 40.0 Å². The van der Waals surface area contributed by atoms with E-state index in [1.54, 1.807) is 18.3 Å². The van der Waals surface area contributed by atoms with Gasteiger partial charge in [-0.25, -0.2) is 4.39 Å². The van der Waals surface area contributed by atoms with E-state index in [1.165, 1.54) is 12.1 Å². The average Bonchev–Trinajstić information content (AvgIpc) is 2.72. The molecule has 3 heterocycles. The van der Waals surface area contributed by atoms with Gasteiger partial charge in [0.05, 0.1) is 29.5 Å². The Labute approximate surface area is 163 Å². The number of aryl methyl sites for hydroxylation is 1. The molecule has 1 aliphatic rings. The average molecular weight is 379 g/mol. The quantitative estimate of drug-likeness (QED) is 0.690. The molecule has 0 unspecified atom stereocenters. The lowest BCUT2D eigenvalue weighted by molar-refractivity contribution is -0.00780. The van der Waals surface area contributed by atoms with Crippen molar-refractivity contribution in [3.8, 4) is 0 Å². The summed E-state index contributed by atoms with van der Waals surface area (Å²) in [6.07, 6.45) is 3.52. The van der Waals surface area contributed by atoms with Gasteiger partial charge in [0.25, 0.3) is 5.91 Å². The number of fused-ring (bicyclic) bond motifs is 1. The standard InChI is InChI=1S/C22H22FN3O2/c1-15-11-20(19-8-7-16(23)12-21(19)25-15)22(27)26-10-4-6-18(13-26)28-14-17-5-2-3-9-24-17/h2-3,5,7-9,11-12,18H,4,6,10,13-14H2,1H3/t18-/m0/s1. The van der Waals surface area contributed by atoms with Crippen LogP contribution in [0.3, 0.4) is 0 Å². The van der Waals surface area contributed by atoms with Gasteiger partial charge in [-0.15, -0.1) is 0 Å². The van der Waals surface area contributed by atoms with Gasteiger partial charge < -0.3 is 9.64 Å². The van der Waals surface area contributed by atoms with Crippen molar-refractivity contribution in [3.05, 3.63) is 71.4 Å². The molecule has 1 fully saturated rings. The number of amides is 1. The molecule has 6 heteroatoms. The largest absolute Gasteiger partial charge is 0.370 e. The molecule has 1 amide bonds. The molecule has 3 aromatic rings. The predicted molar refractivity (Wildman–Crippen MR) is 104 cm³/mol. The number of carbonyl (C=O) groups excluding carboxylic acids is 1. The summed E-state index contributed by atoms with van der Waals surface area (Å²) in [5, 5.41) is 0.675. The van der Waals surface area contributed by atoms with E-state index in [1.807, 2.05) is 30.0 Å². The summed E-state index contributed by atoms with van der Waals surface area (Å²) >= 11 is 0. The Morgan fingerprint density at radius 1 is 1.29 bits per heavy atom. The number of carbonyl (C=O) groups is 1. The summed E-state index contributed by atoms with van der Waals surface area (Å²) in [7, 11) is 0. The second kappa shape index (κ2) is 8.02. The number of hydrogen-bond donors (Lipinski definition) is 0. The first-order valence-electron chi connectivity index (χ1n) is 9.48. The second-order valence-corrected chi connectivity index (χ2v) is 7.12. The van der Waals surface area contributed by atoms with E-state index < -0.39 is 0 Å². The number of likely N-dealkylation sites (tertiary alicyclic amines) is 1. The van der Waals surface area contributed by atoms with Crippen LogP contribution in [0.1, 0.15) is 34.6 Å². The molecular weight excluding hydrogens is 357 g/mol. The van der Waals surface area contributed by atoms with Gasteiger partial charge in [0, 0.05) is 36.4 Å². The van der Waals surface area contributed by atoms with Crippen LogP contribution < -0.4 is 0 Å². The Balaban J connectivity index is 1.51. The molecule has 0 spiro atoms. The zero-order chi connectivity index (χ0) is 19.5. The van der Waals surface area contributed by atoms with Crippen molar-refractivity contribution >= 4 is 16.8 Å². The van der Waals surface area contributed by atoms with Crippen molar-refractivity contribution in [1.29, 1.82) is 0 Å². The molecule has 0 bridgehead atoms. The van der Waals surface area contributed by atoms with E-state index >= 15 is 0 Å². The molecule has 5 nitrogen and oxygen atoms in total. The van der Waals surface area contributed by atoms with Gasteiger partial charge in [0.2, 0.25) is 0 Å². The first-order valence-corrected chi connectivity index (χ1v) is 9.48. The number of pyridine rings is 2. The molecule has 1 aromatic carbocycles. The summed E-state index contributed by atoms with van der Waals surface area (Å²) in [5.74, 6) is -0.418. The van der Waals surface area contributed by atoms with Gasteiger partial charge in [-0.3, -0.25) is 14.8 Å². The fraction of sp³-hybridized carbons (Fsp3) is 0.318. The topological polar surface area (TPSA) is 55.3 Å². The SMILES string of the molecule is Cc1cc(C(=O)N2CCC[C@H](OCc3ccccn3)C2)c2ccc(F)cc2n1. The molecule has 1 aliphatic heterocycles. The summed E-state index contributed by atoms with van der Waals surface area (Å²) in [6, 6.07) is 11.9. The molecule has 4 rings (SSSR count). The Morgan fingerprint density at radius 3 is 3.00 bits per heavy atom. The number of nitrogens with zero attached hydrogens (tertiary/aromatic N) is 3. The van der Waals surface area contributed by atoms with E-state index in [2.05, 4.69) is 9.97 Å². The van der Waals surface area contributed by atoms with Crippen LogP contribution in [0.15, 0.2) is 48.7 Å². The smallest absolute Gasteiger partial charge is 0.254 e. The predicted octanol–water partition coefficient (Wildman–Crippen LogP) is 3.90. The summed E-state index contributed by atoms with van der Waals surface area (Å²) < 4.78 is 19.6. The van der Waals surface area contributed by atoms with Crippen LogP contribution in [0.25, 0.3) is 10.9 Å². The van der Waals surface area contributed by atoms with Gasteiger partial charge in [0.15, 0.2) is 0 Å². The molecule has 0 saturated carbocycles. The summed E-state index contributed by atoms with van der Waals surface area (Å²) in [5.41, 5.74) is 2.64. The van der Waals surface area contributed by atoms with Crippen LogP contribution >= 0.6 is 0 Å². The normalized spacial score (nSPS) is 17.1. The fourth-order valence-electron chi connectivity index (χ4n) is 3.63. The molecule has 28 heavy (non-hydrogen) atoms. The third-order valence-corrected chi connectivity index (χ3v) is 4.99. The molecule has 0 N–H and O–H groups in total. The minimum absolute atomic E-state index is 0.0219. The molecule has 0 radical (unpaired) electrons. The summed E-state index contributed by atoms with van der Waals surface area (Å²) in [4.78, 5) is 23.7. The number of hydrogen-bond acceptors (Lipinski definition) is 4. The number of aromatic nitrogens is 2. The highest BCUT2D eigenvalue weighted by Gasteiger charge is 2.26. The lowest BCUT2D eigenvalue weighted by atomic mass is 10.0. The highest BCUT2D eigenvalue weighted by molar-refractivity contribution is 6.06. The minimum Gasteiger partial charge on any atom is -0.370 e. The maximum absolute atomic E-state index is 13.6. The zero-order valence-corrected chi connectivity index (χ0v) is 15.8. The first-order chi connectivity index (χ1) is 13.6. The van der Waals surface area contributed by atoms with E-state index in [9.17, 15) is 9.18 Å². The van der Waals surface area contributed by atoms with Crippen molar-refractivity contribution in [1.82, 2.24) is 14.9 Å². The lowest BCUT2D eigenvalue weighted by Crippen LogP contribution is -2.43. The van der Waals surface area contributed by atoms with Crippen molar-refractivity contribution in [3.63, 3.8) is 0 Å². The number of piperidine rings is 1. The maximum Gasteiger partial charge on any atom is 0.254 e. The van der Waals surface area contributed by atoms with E-state index in [-0.39, 0.29) is 17.8 Å².